The molecule has 0 radical (unpaired) electrons. The number of benzene rings is 1. The predicted molar refractivity (Wildman–Crippen MR) is 70.4 cm³/mol. The normalized spacial score (nSPS) is 17.4. The number of anilines is 2. The zero-order valence-corrected chi connectivity index (χ0v) is 9.81. The number of hydrogen-bond acceptors (Lipinski definition) is 4. The van der Waals surface area contributed by atoms with Gasteiger partial charge in [0.15, 0.2) is 5.82 Å². The van der Waals surface area contributed by atoms with Crippen LogP contribution >= 0.6 is 0 Å². The van der Waals surface area contributed by atoms with Crippen LogP contribution in [0.1, 0.15) is 23.6 Å². The standard InChI is InChI=1S/C13H14N4O/c14-9-2-3-10-8(7-9)1-4-11(10)17-12-13(18)16-6-5-15-12/h2-3,5-7,11H,1,4,14H2,(H,15,17)(H,16,18). The quantitative estimate of drug-likeness (QED) is 0.696. The van der Waals surface area contributed by atoms with E-state index in [9.17, 15) is 4.79 Å². The predicted octanol–water partition coefficient (Wildman–Crippen LogP) is 1.45. The molecule has 1 aromatic heterocycles. The van der Waals surface area contributed by atoms with E-state index in [2.05, 4.69) is 15.3 Å². The molecule has 1 aliphatic rings. The third-order valence-electron chi connectivity index (χ3n) is 3.26. The van der Waals surface area contributed by atoms with Gasteiger partial charge >= 0.3 is 0 Å². The van der Waals surface area contributed by atoms with Crippen LogP contribution in [0.5, 0.6) is 0 Å². The lowest BCUT2D eigenvalue weighted by atomic mass is 10.1. The summed E-state index contributed by atoms with van der Waals surface area (Å²) < 4.78 is 0. The molecule has 1 aliphatic carbocycles. The molecule has 5 nitrogen and oxygen atoms in total. The first kappa shape index (κ1) is 10.8. The van der Waals surface area contributed by atoms with E-state index in [-0.39, 0.29) is 11.6 Å². The van der Waals surface area contributed by atoms with Gasteiger partial charge in [-0.2, -0.15) is 0 Å². The van der Waals surface area contributed by atoms with E-state index < -0.39 is 0 Å². The fourth-order valence-electron chi connectivity index (χ4n) is 2.41. The van der Waals surface area contributed by atoms with Crippen molar-refractivity contribution in [2.75, 3.05) is 11.1 Å². The minimum atomic E-state index is -0.193. The number of nitrogens with zero attached hydrogens (tertiary/aromatic N) is 1. The Morgan fingerprint density at radius 1 is 1.44 bits per heavy atom. The molecule has 0 saturated carbocycles. The van der Waals surface area contributed by atoms with Crippen LogP contribution in [-0.2, 0) is 6.42 Å². The second-order valence-electron chi connectivity index (χ2n) is 4.46. The summed E-state index contributed by atoms with van der Waals surface area (Å²) >= 11 is 0. The Morgan fingerprint density at radius 3 is 3.17 bits per heavy atom. The molecule has 5 heteroatoms. The van der Waals surface area contributed by atoms with Crippen LogP contribution in [0.25, 0.3) is 0 Å². The highest BCUT2D eigenvalue weighted by molar-refractivity contribution is 5.50. The molecule has 1 heterocycles. The summed E-state index contributed by atoms with van der Waals surface area (Å²) in [6.07, 6.45) is 5.02. The maximum Gasteiger partial charge on any atom is 0.290 e. The van der Waals surface area contributed by atoms with Gasteiger partial charge < -0.3 is 16.0 Å². The molecule has 0 aliphatic heterocycles. The maximum atomic E-state index is 11.6. The number of aromatic nitrogens is 2. The van der Waals surface area contributed by atoms with Gasteiger partial charge in [-0.05, 0) is 36.1 Å². The highest BCUT2D eigenvalue weighted by atomic mass is 16.1. The van der Waals surface area contributed by atoms with Crippen molar-refractivity contribution in [3.05, 3.63) is 52.1 Å². The molecular weight excluding hydrogens is 228 g/mol. The molecule has 92 valence electrons. The summed E-state index contributed by atoms with van der Waals surface area (Å²) in [5.74, 6) is 0.368. The van der Waals surface area contributed by atoms with Crippen molar-refractivity contribution in [2.24, 2.45) is 0 Å². The van der Waals surface area contributed by atoms with Crippen molar-refractivity contribution < 1.29 is 0 Å². The van der Waals surface area contributed by atoms with Gasteiger partial charge in [0.05, 0.1) is 6.04 Å². The minimum Gasteiger partial charge on any atom is -0.399 e. The zero-order chi connectivity index (χ0) is 12.5. The summed E-state index contributed by atoms with van der Waals surface area (Å²) in [5.41, 5.74) is 8.81. The number of rotatable bonds is 2. The first-order valence-corrected chi connectivity index (χ1v) is 5.92. The molecule has 1 unspecified atom stereocenters. The number of fused-ring (bicyclic) bond motifs is 1. The average molecular weight is 242 g/mol. The van der Waals surface area contributed by atoms with E-state index in [4.69, 9.17) is 5.73 Å². The molecule has 1 atom stereocenters. The SMILES string of the molecule is Nc1ccc2c(c1)CCC2Nc1ncc[nH]c1=O. The monoisotopic (exact) mass is 242 g/mol. The first-order valence-electron chi connectivity index (χ1n) is 5.92. The van der Waals surface area contributed by atoms with E-state index in [0.717, 1.165) is 18.5 Å². The highest BCUT2D eigenvalue weighted by Gasteiger charge is 2.23. The Morgan fingerprint density at radius 2 is 2.33 bits per heavy atom. The summed E-state index contributed by atoms with van der Waals surface area (Å²) in [4.78, 5) is 18.2. The third-order valence-corrected chi connectivity index (χ3v) is 3.26. The van der Waals surface area contributed by atoms with Crippen molar-refractivity contribution in [1.29, 1.82) is 0 Å². The minimum absolute atomic E-state index is 0.136. The lowest BCUT2D eigenvalue weighted by Crippen LogP contribution is -2.18. The van der Waals surface area contributed by atoms with Crippen molar-refractivity contribution in [1.82, 2.24) is 9.97 Å². The van der Waals surface area contributed by atoms with Crippen LogP contribution in [0.3, 0.4) is 0 Å². The molecule has 0 amide bonds. The largest absolute Gasteiger partial charge is 0.399 e. The van der Waals surface area contributed by atoms with E-state index in [1.165, 1.54) is 17.3 Å². The fraction of sp³-hybridized carbons (Fsp3) is 0.231. The Bertz CT molecular complexity index is 635. The summed E-state index contributed by atoms with van der Waals surface area (Å²) in [6.45, 7) is 0. The van der Waals surface area contributed by atoms with Gasteiger partial charge in [0, 0.05) is 18.1 Å². The molecule has 0 saturated heterocycles. The smallest absolute Gasteiger partial charge is 0.290 e. The lowest BCUT2D eigenvalue weighted by molar-refractivity contribution is 0.754. The van der Waals surface area contributed by atoms with Gasteiger partial charge in [-0.25, -0.2) is 4.98 Å². The second-order valence-corrected chi connectivity index (χ2v) is 4.46. The van der Waals surface area contributed by atoms with Crippen LogP contribution in [0.2, 0.25) is 0 Å². The van der Waals surface area contributed by atoms with Gasteiger partial charge in [0.2, 0.25) is 0 Å². The third kappa shape index (κ3) is 1.84. The number of aryl methyl sites for hydroxylation is 1. The van der Waals surface area contributed by atoms with E-state index >= 15 is 0 Å². The van der Waals surface area contributed by atoms with Gasteiger partial charge in [0.25, 0.3) is 5.56 Å². The second kappa shape index (κ2) is 4.18. The van der Waals surface area contributed by atoms with Crippen LogP contribution < -0.4 is 16.6 Å². The molecule has 4 N–H and O–H groups in total. The van der Waals surface area contributed by atoms with Crippen LogP contribution in [0.4, 0.5) is 11.5 Å². The number of nitrogen functional groups attached to an aromatic ring is 1. The van der Waals surface area contributed by atoms with Crippen molar-refractivity contribution in [3.63, 3.8) is 0 Å². The van der Waals surface area contributed by atoms with Gasteiger partial charge in [-0.3, -0.25) is 4.79 Å². The molecule has 0 fully saturated rings. The number of H-pyrrole nitrogens is 1. The molecule has 3 rings (SSSR count). The summed E-state index contributed by atoms with van der Waals surface area (Å²) in [5, 5.41) is 3.19. The van der Waals surface area contributed by atoms with Gasteiger partial charge in [0.1, 0.15) is 0 Å². The molecule has 1 aromatic carbocycles. The number of nitrogens with one attached hydrogen (secondary N) is 2. The van der Waals surface area contributed by atoms with Gasteiger partial charge in [-0.15, -0.1) is 0 Å². The van der Waals surface area contributed by atoms with Gasteiger partial charge in [-0.1, -0.05) is 6.07 Å². The number of hydrogen-bond donors (Lipinski definition) is 3. The number of aromatic amines is 1. The zero-order valence-electron chi connectivity index (χ0n) is 9.81. The molecule has 0 spiro atoms. The molecule has 2 aromatic rings. The van der Waals surface area contributed by atoms with Crippen LogP contribution in [-0.4, -0.2) is 9.97 Å². The van der Waals surface area contributed by atoms with Crippen molar-refractivity contribution in [2.45, 2.75) is 18.9 Å². The first-order chi connectivity index (χ1) is 8.74. The maximum absolute atomic E-state index is 11.6. The van der Waals surface area contributed by atoms with Crippen LogP contribution in [0.15, 0.2) is 35.4 Å². The molecule has 18 heavy (non-hydrogen) atoms. The van der Waals surface area contributed by atoms with E-state index in [1.807, 2.05) is 18.2 Å². The number of nitrogens with two attached hydrogens (primary N) is 1. The Balaban J connectivity index is 1.89. The fourth-order valence-corrected chi connectivity index (χ4v) is 2.41. The summed E-state index contributed by atoms with van der Waals surface area (Å²) in [6, 6.07) is 6.05. The molecule has 0 bridgehead atoms. The summed E-state index contributed by atoms with van der Waals surface area (Å²) in [7, 11) is 0. The topological polar surface area (TPSA) is 83.8 Å². The lowest BCUT2D eigenvalue weighted by Gasteiger charge is -2.13. The Kier molecular flexibility index (Phi) is 2.51. The molecular formula is C13H14N4O. The Labute approximate surface area is 104 Å². The highest BCUT2D eigenvalue weighted by Crippen LogP contribution is 2.33. The average Bonchev–Trinajstić information content (AvgIpc) is 2.74. The van der Waals surface area contributed by atoms with Crippen molar-refractivity contribution >= 4 is 11.5 Å². The Hall–Kier alpha value is -2.30. The van der Waals surface area contributed by atoms with E-state index in [1.54, 1.807) is 6.20 Å². The van der Waals surface area contributed by atoms with Crippen molar-refractivity contribution in [3.8, 4) is 0 Å². The van der Waals surface area contributed by atoms with E-state index in [0.29, 0.717) is 5.82 Å². The van der Waals surface area contributed by atoms with Crippen LogP contribution in [0, 0.1) is 0 Å².